The molecule has 0 amide bonds. The van der Waals surface area contributed by atoms with Crippen molar-refractivity contribution in [2.75, 3.05) is 0 Å². The molecule has 3 heteroatoms. The third kappa shape index (κ3) is 2.28. The highest BCUT2D eigenvalue weighted by Crippen LogP contribution is 2.25. The molecular formula is C12H18N2O. The van der Waals surface area contributed by atoms with Gasteiger partial charge in [0.2, 0.25) is 0 Å². The lowest BCUT2D eigenvalue weighted by molar-refractivity contribution is -0.117. The Morgan fingerprint density at radius 2 is 2.40 bits per heavy atom. The maximum Gasteiger partial charge on any atom is 0.133 e. The maximum absolute atomic E-state index is 11.2. The zero-order chi connectivity index (χ0) is 10.8. The quantitative estimate of drug-likeness (QED) is 0.757. The summed E-state index contributed by atoms with van der Waals surface area (Å²) >= 11 is 0. The Bertz CT molecular complexity index is 368. The number of rotatable bonds is 3. The number of hydrogen-bond donors (Lipinski definition) is 0. The van der Waals surface area contributed by atoms with Crippen molar-refractivity contribution in [3.05, 3.63) is 17.5 Å². The molecule has 82 valence electrons. The Hall–Kier alpha value is -1.12. The molecule has 1 unspecified atom stereocenters. The third-order valence-electron chi connectivity index (χ3n) is 3.24. The molecule has 1 fully saturated rings. The summed E-state index contributed by atoms with van der Waals surface area (Å²) < 4.78 is 1.96. The van der Waals surface area contributed by atoms with Gasteiger partial charge in [0.25, 0.3) is 0 Å². The summed E-state index contributed by atoms with van der Waals surface area (Å²) in [6, 6.07) is 2.17. The highest BCUT2D eigenvalue weighted by Gasteiger charge is 2.23. The van der Waals surface area contributed by atoms with Gasteiger partial charge in [-0.1, -0.05) is 6.92 Å². The van der Waals surface area contributed by atoms with Crippen molar-refractivity contribution in [3.63, 3.8) is 0 Å². The summed E-state index contributed by atoms with van der Waals surface area (Å²) in [7, 11) is 1.99. The van der Waals surface area contributed by atoms with E-state index in [1.54, 1.807) is 0 Å². The van der Waals surface area contributed by atoms with E-state index in [1.165, 1.54) is 5.69 Å². The van der Waals surface area contributed by atoms with Crippen LogP contribution in [0.15, 0.2) is 6.07 Å². The van der Waals surface area contributed by atoms with Gasteiger partial charge in [-0.2, -0.15) is 5.10 Å². The van der Waals surface area contributed by atoms with E-state index < -0.39 is 0 Å². The molecule has 15 heavy (non-hydrogen) atoms. The van der Waals surface area contributed by atoms with E-state index in [9.17, 15) is 4.79 Å². The topological polar surface area (TPSA) is 34.9 Å². The zero-order valence-corrected chi connectivity index (χ0v) is 9.49. The van der Waals surface area contributed by atoms with E-state index in [0.29, 0.717) is 11.7 Å². The number of carbonyl (C=O) groups excluding carboxylic acids is 1. The maximum atomic E-state index is 11.2. The van der Waals surface area contributed by atoms with E-state index in [1.807, 2.05) is 11.7 Å². The van der Waals surface area contributed by atoms with Crippen LogP contribution >= 0.6 is 0 Å². The van der Waals surface area contributed by atoms with Gasteiger partial charge in [0, 0.05) is 25.6 Å². The number of aromatic nitrogens is 2. The number of Topliss-reactive ketones (excluding diaryl/α,β-unsaturated/α-hetero) is 1. The van der Waals surface area contributed by atoms with Gasteiger partial charge in [-0.25, -0.2) is 0 Å². The second-order valence-electron chi connectivity index (χ2n) is 4.46. The molecular weight excluding hydrogens is 188 g/mol. The van der Waals surface area contributed by atoms with E-state index in [0.717, 1.165) is 37.8 Å². The zero-order valence-electron chi connectivity index (χ0n) is 9.49. The molecule has 1 aromatic rings. The van der Waals surface area contributed by atoms with Gasteiger partial charge in [0.1, 0.15) is 5.78 Å². The van der Waals surface area contributed by atoms with Crippen molar-refractivity contribution in [1.29, 1.82) is 0 Å². The van der Waals surface area contributed by atoms with E-state index in [-0.39, 0.29) is 0 Å². The van der Waals surface area contributed by atoms with Gasteiger partial charge in [-0.05, 0) is 31.2 Å². The number of ketones is 1. The first-order valence-electron chi connectivity index (χ1n) is 5.72. The van der Waals surface area contributed by atoms with Crippen LogP contribution in [0.3, 0.4) is 0 Å². The standard InChI is InChI=1S/C12H18N2O/c1-3-10-8-11(14(2)13-10)6-9-4-5-12(15)7-9/h8-9H,3-7H2,1-2H3. The largest absolute Gasteiger partial charge is 0.300 e. The molecule has 1 heterocycles. The number of carbonyl (C=O) groups is 1. The SMILES string of the molecule is CCc1cc(CC2CCC(=O)C2)n(C)n1. The summed E-state index contributed by atoms with van der Waals surface area (Å²) in [6.07, 6.45) is 4.61. The van der Waals surface area contributed by atoms with Crippen LogP contribution in [0, 0.1) is 5.92 Å². The van der Waals surface area contributed by atoms with Crippen LogP contribution < -0.4 is 0 Å². The van der Waals surface area contributed by atoms with Crippen molar-refractivity contribution in [3.8, 4) is 0 Å². The predicted octanol–water partition coefficient (Wildman–Crippen LogP) is 1.89. The van der Waals surface area contributed by atoms with Crippen LogP contribution in [-0.4, -0.2) is 15.6 Å². The molecule has 1 aliphatic rings. The molecule has 0 saturated heterocycles. The molecule has 1 aromatic heterocycles. The molecule has 0 radical (unpaired) electrons. The van der Waals surface area contributed by atoms with Crippen LogP contribution in [0.5, 0.6) is 0 Å². The first-order valence-corrected chi connectivity index (χ1v) is 5.72. The molecule has 0 aromatic carbocycles. The molecule has 0 spiro atoms. The second-order valence-corrected chi connectivity index (χ2v) is 4.46. The van der Waals surface area contributed by atoms with E-state index in [2.05, 4.69) is 18.1 Å². The third-order valence-corrected chi connectivity index (χ3v) is 3.24. The molecule has 1 atom stereocenters. The minimum atomic E-state index is 0.429. The summed E-state index contributed by atoms with van der Waals surface area (Å²) in [4.78, 5) is 11.2. The fourth-order valence-electron chi connectivity index (χ4n) is 2.30. The van der Waals surface area contributed by atoms with Gasteiger partial charge in [-0.15, -0.1) is 0 Å². The lowest BCUT2D eigenvalue weighted by Gasteiger charge is -2.07. The first kappa shape index (κ1) is 10.4. The van der Waals surface area contributed by atoms with E-state index in [4.69, 9.17) is 0 Å². The molecule has 0 bridgehead atoms. The molecule has 0 N–H and O–H groups in total. The van der Waals surface area contributed by atoms with Crippen LogP contribution in [0.1, 0.15) is 37.6 Å². The van der Waals surface area contributed by atoms with Crippen molar-refractivity contribution in [2.45, 2.75) is 39.0 Å². The van der Waals surface area contributed by atoms with Crippen molar-refractivity contribution in [1.82, 2.24) is 9.78 Å². The Morgan fingerprint density at radius 3 is 2.93 bits per heavy atom. The van der Waals surface area contributed by atoms with Gasteiger partial charge in [-0.3, -0.25) is 9.48 Å². The van der Waals surface area contributed by atoms with Gasteiger partial charge >= 0.3 is 0 Å². The van der Waals surface area contributed by atoms with Crippen LogP contribution in [0.25, 0.3) is 0 Å². The summed E-state index contributed by atoms with van der Waals surface area (Å²) in [5.41, 5.74) is 2.42. The van der Waals surface area contributed by atoms with Crippen LogP contribution in [0.4, 0.5) is 0 Å². The van der Waals surface area contributed by atoms with Crippen molar-refractivity contribution in [2.24, 2.45) is 13.0 Å². The summed E-state index contributed by atoms with van der Waals surface area (Å²) in [5.74, 6) is 0.982. The average molecular weight is 206 g/mol. The van der Waals surface area contributed by atoms with E-state index >= 15 is 0 Å². The number of aryl methyl sites for hydroxylation is 2. The highest BCUT2D eigenvalue weighted by atomic mass is 16.1. The number of hydrogen-bond acceptors (Lipinski definition) is 2. The van der Waals surface area contributed by atoms with Crippen LogP contribution in [-0.2, 0) is 24.7 Å². The molecule has 3 nitrogen and oxygen atoms in total. The molecule has 1 saturated carbocycles. The highest BCUT2D eigenvalue weighted by molar-refractivity contribution is 5.80. The fraction of sp³-hybridized carbons (Fsp3) is 0.667. The Labute approximate surface area is 90.5 Å². The second kappa shape index (κ2) is 4.17. The normalized spacial score (nSPS) is 21.2. The first-order chi connectivity index (χ1) is 7.19. The lowest BCUT2D eigenvalue weighted by Crippen LogP contribution is -2.05. The predicted molar refractivity (Wildman–Crippen MR) is 58.6 cm³/mol. The van der Waals surface area contributed by atoms with Crippen LogP contribution in [0.2, 0.25) is 0 Å². The average Bonchev–Trinajstić information content (AvgIpc) is 2.75. The Balaban J connectivity index is 2.03. The van der Waals surface area contributed by atoms with Gasteiger partial charge < -0.3 is 0 Å². The van der Waals surface area contributed by atoms with Crippen molar-refractivity contribution < 1.29 is 4.79 Å². The lowest BCUT2D eigenvalue weighted by atomic mass is 10.0. The smallest absolute Gasteiger partial charge is 0.133 e. The number of nitrogens with zero attached hydrogens (tertiary/aromatic N) is 2. The Kier molecular flexibility index (Phi) is 2.89. The molecule has 2 rings (SSSR count). The monoisotopic (exact) mass is 206 g/mol. The van der Waals surface area contributed by atoms with Crippen molar-refractivity contribution >= 4 is 5.78 Å². The minimum absolute atomic E-state index is 0.429. The fourth-order valence-corrected chi connectivity index (χ4v) is 2.30. The summed E-state index contributed by atoms with van der Waals surface area (Å²) in [5, 5.41) is 4.42. The van der Waals surface area contributed by atoms with Gasteiger partial charge in [0.05, 0.1) is 5.69 Å². The summed E-state index contributed by atoms with van der Waals surface area (Å²) in [6.45, 7) is 2.12. The molecule has 1 aliphatic carbocycles. The molecule has 0 aliphatic heterocycles. The Morgan fingerprint density at radius 1 is 1.60 bits per heavy atom. The van der Waals surface area contributed by atoms with Gasteiger partial charge in [0.15, 0.2) is 0 Å². The minimum Gasteiger partial charge on any atom is -0.300 e.